The number of nitrogens with zero attached hydrogens (tertiary/aromatic N) is 1. The van der Waals surface area contributed by atoms with Gasteiger partial charge in [-0.3, -0.25) is 0 Å². The predicted octanol–water partition coefficient (Wildman–Crippen LogP) is 3.72. The molecule has 56 valence electrons. The molecule has 0 amide bonds. The van der Waals surface area contributed by atoms with Crippen LogP contribution < -0.4 is 0 Å². The Morgan fingerprint density at radius 2 is 2.27 bits per heavy atom. The van der Waals surface area contributed by atoms with Crippen molar-refractivity contribution in [3.05, 3.63) is 34.1 Å². The maximum absolute atomic E-state index is 6.85. The van der Waals surface area contributed by atoms with Gasteiger partial charge >= 0.3 is 0 Å². The van der Waals surface area contributed by atoms with E-state index < -0.39 is 0 Å². The van der Waals surface area contributed by atoms with E-state index >= 15 is 0 Å². The van der Waals surface area contributed by atoms with Gasteiger partial charge in [-0.15, -0.1) is 11.8 Å². The number of thioether (sulfide) groups is 1. The van der Waals surface area contributed by atoms with Crippen molar-refractivity contribution in [1.29, 1.82) is 0 Å². The second kappa shape index (κ2) is 3.80. The van der Waals surface area contributed by atoms with Crippen molar-refractivity contribution < 1.29 is 0 Å². The first kappa shape index (κ1) is 8.63. The summed E-state index contributed by atoms with van der Waals surface area (Å²) in [7, 11) is 0. The molecular weight excluding hydrogens is 222 g/mol. The SMILES string of the molecule is [C-]#[N+]c1ccc(Br)cc1SC. The summed E-state index contributed by atoms with van der Waals surface area (Å²) in [5.74, 6) is 0. The Balaban J connectivity index is 3.19. The molecule has 0 radical (unpaired) electrons. The van der Waals surface area contributed by atoms with Crippen molar-refractivity contribution in [2.75, 3.05) is 6.26 Å². The Hall–Kier alpha value is -0.460. The van der Waals surface area contributed by atoms with Gasteiger partial charge in [-0.2, -0.15) is 0 Å². The monoisotopic (exact) mass is 227 g/mol. The number of benzene rings is 1. The van der Waals surface area contributed by atoms with E-state index in [4.69, 9.17) is 6.57 Å². The van der Waals surface area contributed by atoms with Crippen molar-refractivity contribution in [1.82, 2.24) is 0 Å². The molecule has 1 aromatic rings. The molecule has 0 N–H and O–H groups in total. The first-order chi connectivity index (χ1) is 5.27. The zero-order valence-corrected chi connectivity index (χ0v) is 8.37. The molecule has 1 aromatic carbocycles. The minimum Gasteiger partial charge on any atom is -0.237 e. The van der Waals surface area contributed by atoms with Gasteiger partial charge in [0.1, 0.15) is 0 Å². The first-order valence-corrected chi connectivity index (χ1v) is 5.00. The van der Waals surface area contributed by atoms with Gasteiger partial charge in [-0.1, -0.05) is 28.1 Å². The second-order valence-corrected chi connectivity index (χ2v) is 3.69. The lowest BCUT2D eigenvalue weighted by Gasteiger charge is -1.98. The van der Waals surface area contributed by atoms with Crippen molar-refractivity contribution in [2.45, 2.75) is 4.90 Å². The molecular formula is C8H6BrNS. The second-order valence-electron chi connectivity index (χ2n) is 1.93. The van der Waals surface area contributed by atoms with E-state index in [1.807, 2.05) is 24.5 Å². The van der Waals surface area contributed by atoms with Crippen LogP contribution in [0.4, 0.5) is 5.69 Å². The topological polar surface area (TPSA) is 4.36 Å². The van der Waals surface area contributed by atoms with Crippen LogP contribution in [0.5, 0.6) is 0 Å². The van der Waals surface area contributed by atoms with Crippen LogP contribution in [0.15, 0.2) is 27.6 Å². The lowest BCUT2D eigenvalue weighted by Crippen LogP contribution is -1.70. The molecule has 0 aliphatic carbocycles. The molecule has 1 nitrogen and oxygen atoms in total. The Bertz CT molecular complexity index is 303. The zero-order chi connectivity index (χ0) is 8.27. The highest BCUT2D eigenvalue weighted by atomic mass is 79.9. The van der Waals surface area contributed by atoms with Crippen molar-refractivity contribution in [2.24, 2.45) is 0 Å². The molecule has 0 fully saturated rings. The highest BCUT2D eigenvalue weighted by Gasteiger charge is 1.99. The Labute approximate surface area is 78.8 Å². The quantitative estimate of drug-likeness (QED) is 0.523. The average Bonchev–Trinajstić information content (AvgIpc) is 2.04. The van der Waals surface area contributed by atoms with Gasteiger partial charge in [0.25, 0.3) is 0 Å². The fourth-order valence-electron chi connectivity index (χ4n) is 0.744. The third-order valence-electron chi connectivity index (χ3n) is 1.26. The largest absolute Gasteiger partial charge is 0.237 e. The summed E-state index contributed by atoms with van der Waals surface area (Å²) < 4.78 is 1.02. The van der Waals surface area contributed by atoms with Crippen molar-refractivity contribution in [3.63, 3.8) is 0 Å². The minimum atomic E-state index is 0.723. The summed E-state index contributed by atoms with van der Waals surface area (Å²) >= 11 is 4.94. The van der Waals surface area contributed by atoms with Gasteiger partial charge < -0.3 is 0 Å². The molecule has 0 saturated heterocycles. The van der Waals surface area contributed by atoms with Crippen LogP contribution in [0.2, 0.25) is 0 Å². The van der Waals surface area contributed by atoms with Gasteiger partial charge in [0, 0.05) is 9.37 Å². The molecule has 0 aliphatic heterocycles. The summed E-state index contributed by atoms with van der Waals surface area (Å²) in [6.45, 7) is 6.85. The Kier molecular flexibility index (Phi) is 2.98. The number of halogens is 1. The molecule has 3 heteroatoms. The van der Waals surface area contributed by atoms with Crippen LogP contribution in [0.3, 0.4) is 0 Å². The van der Waals surface area contributed by atoms with Gasteiger partial charge in [0.05, 0.1) is 6.57 Å². The van der Waals surface area contributed by atoms with E-state index in [0.29, 0.717) is 0 Å². The molecule has 0 spiro atoms. The summed E-state index contributed by atoms with van der Waals surface area (Å²) in [5.41, 5.74) is 0.723. The summed E-state index contributed by atoms with van der Waals surface area (Å²) in [6.07, 6.45) is 1.97. The third-order valence-corrected chi connectivity index (χ3v) is 2.52. The summed E-state index contributed by atoms with van der Waals surface area (Å²) in [5, 5.41) is 0. The lowest BCUT2D eigenvalue weighted by atomic mass is 10.3. The third kappa shape index (κ3) is 1.98. The number of rotatable bonds is 1. The van der Waals surface area contributed by atoms with Gasteiger partial charge in [-0.05, 0) is 12.3 Å². The number of hydrogen-bond acceptors (Lipinski definition) is 1. The van der Waals surface area contributed by atoms with E-state index in [2.05, 4.69) is 20.8 Å². The van der Waals surface area contributed by atoms with Crippen molar-refractivity contribution in [3.8, 4) is 0 Å². The maximum atomic E-state index is 6.85. The average molecular weight is 228 g/mol. The normalized spacial score (nSPS) is 9.18. The molecule has 1 rings (SSSR count). The van der Waals surface area contributed by atoms with Gasteiger partial charge in [0.2, 0.25) is 5.69 Å². The predicted molar refractivity (Wildman–Crippen MR) is 52.2 cm³/mol. The van der Waals surface area contributed by atoms with Crippen LogP contribution in [0.1, 0.15) is 0 Å². The highest BCUT2D eigenvalue weighted by molar-refractivity contribution is 9.10. The van der Waals surface area contributed by atoms with Gasteiger partial charge in [0.15, 0.2) is 0 Å². The molecule has 0 bridgehead atoms. The molecule has 11 heavy (non-hydrogen) atoms. The van der Waals surface area contributed by atoms with E-state index in [1.165, 1.54) is 0 Å². The standard InChI is InChI=1S/C8H6BrNS/c1-10-7-4-3-6(9)5-8(7)11-2/h3-5H,2H3. The van der Waals surface area contributed by atoms with Gasteiger partial charge in [-0.25, -0.2) is 4.85 Å². The van der Waals surface area contributed by atoms with Crippen molar-refractivity contribution >= 4 is 33.4 Å². The Morgan fingerprint density at radius 1 is 1.55 bits per heavy atom. The zero-order valence-electron chi connectivity index (χ0n) is 5.97. The maximum Gasteiger partial charge on any atom is 0.200 e. The first-order valence-electron chi connectivity index (χ1n) is 2.99. The van der Waals surface area contributed by atoms with Crippen LogP contribution in [-0.2, 0) is 0 Å². The summed E-state index contributed by atoms with van der Waals surface area (Å²) in [6, 6.07) is 5.66. The minimum absolute atomic E-state index is 0.723. The van der Waals surface area contributed by atoms with Crippen LogP contribution >= 0.6 is 27.7 Å². The molecule has 0 saturated carbocycles. The molecule has 0 unspecified atom stereocenters. The Morgan fingerprint density at radius 3 is 2.82 bits per heavy atom. The van der Waals surface area contributed by atoms with Crippen LogP contribution in [0, 0.1) is 6.57 Å². The molecule has 0 atom stereocenters. The van der Waals surface area contributed by atoms with E-state index in [1.54, 1.807) is 11.8 Å². The molecule has 0 aliphatic rings. The number of hydrogen-bond donors (Lipinski definition) is 0. The molecule has 0 aromatic heterocycles. The van der Waals surface area contributed by atoms with E-state index in [-0.39, 0.29) is 0 Å². The summed E-state index contributed by atoms with van der Waals surface area (Å²) in [4.78, 5) is 4.41. The van der Waals surface area contributed by atoms with Crippen LogP contribution in [-0.4, -0.2) is 6.26 Å². The molecule has 0 heterocycles. The smallest absolute Gasteiger partial charge is 0.200 e. The lowest BCUT2D eigenvalue weighted by molar-refractivity contribution is 1.46. The fraction of sp³-hybridized carbons (Fsp3) is 0.125. The van der Waals surface area contributed by atoms with E-state index in [9.17, 15) is 0 Å². The van der Waals surface area contributed by atoms with E-state index in [0.717, 1.165) is 15.1 Å². The highest BCUT2D eigenvalue weighted by Crippen LogP contribution is 2.30. The van der Waals surface area contributed by atoms with Crippen LogP contribution in [0.25, 0.3) is 4.85 Å². The fourth-order valence-corrected chi connectivity index (χ4v) is 1.82.